The number of hydrogen-bond donors (Lipinski definition) is 0. The lowest BCUT2D eigenvalue weighted by Crippen LogP contribution is -2.04. The highest BCUT2D eigenvalue weighted by molar-refractivity contribution is 5.48. The first kappa shape index (κ1) is 9.38. The van der Waals surface area contributed by atoms with Crippen LogP contribution in [0.1, 0.15) is 17.5 Å². The van der Waals surface area contributed by atoms with Gasteiger partial charge < -0.3 is 9.47 Å². The molecule has 0 saturated carbocycles. The van der Waals surface area contributed by atoms with Gasteiger partial charge in [0.2, 0.25) is 0 Å². The Morgan fingerprint density at radius 2 is 1.71 bits per heavy atom. The van der Waals surface area contributed by atoms with Crippen molar-refractivity contribution >= 4 is 0 Å². The largest absolute Gasteiger partial charge is 0.493 e. The number of fused-ring (bicyclic) bond motifs is 1. The first-order valence-corrected chi connectivity index (χ1v) is 4.79. The lowest BCUT2D eigenvalue weighted by Gasteiger charge is -2.18. The Morgan fingerprint density at radius 1 is 1.07 bits per heavy atom. The third-order valence-electron chi connectivity index (χ3n) is 2.59. The summed E-state index contributed by atoms with van der Waals surface area (Å²) in [4.78, 5) is 0. The van der Waals surface area contributed by atoms with Crippen LogP contribution in [0.5, 0.6) is 11.5 Å². The van der Waals surface area contributed by atoms with Gasteiger partial charge in [0, 0.05) is 0 Å². The van der Waals surface area contributed by atoms with Crippen molar-refractivity contribution in [2.75, 3.05) is 14.2 Å². The van der Waals surface area contributed by atoms with E-state index in [1.54, 1.807) is 14.2 Å². The summed E-state index contributed by atoms with van der Waals surface area (Å²) in [6, 6.07) is 4.13. The third-order valence-corrected chi connectivity index (χ3v) is 2.59. The van der Waals surface area contributed by atoms with Crippen LogP contribution in [-0.4, -0.2) is 14.2 Å². The van der Waals surface area contributed by atoms with Crippen molar-refractivity contribution in [1.29, 1.82) is 0 Å². The molecular weight excluding hydrogens is 176 g/mol. The second-order valence-electron chi connectivity index (χ2n) is 3.40. The molecule has 74 valence electrons. The van der Waals surface area contributed by atoms with Crippen LogP contribution in [-0.2, 0) is 12.8 Å². The van der Waals surface area contributed by atoms with Crippen LogP contribution in [0.25, 0.3) is 0 Å². The molecule has 14 heavy (non-hydrogen) atoms. The van der Waals surface area contributed by atoms with Gasteiger partial charge in [0.1, 0.15) is 0 Å². The third kappa shape index (κ3) is 1.57. The van der Waals surface area contributed by atoms with E-state index >= 15 is 0 Å². The molecule has 2 rings (SSSR count). The summed E-state index contributed by atoms with van der Waals surface area (Å²) in [5.41, 5.74) is 2.68. The van der Waals surface area contributed by atoms with E-state index < -0.39 is 0 Å². The van der Waals surface area contributed by atoms with Crippen LogP contribution < -0.4 is 9.47 Å². The molecule has 0 atom stereocenters. The molecule has 0 bridgehead atoms. The second kappa shape index (κ2) is 3.91. The van der Waals surface area contributed by atoms with Crippen LogP contribution in [0.2, 0.25) is 0 Å². The number of ether oxygens (including phenoxy) is 2. The van der Waals surface area contributed by atoms with E-state index in [0.717, 1.165) is 30.8 Å². The van der Waals surface area contributed by atoms with Crippen molar-refractivity contribution in [3.8, 4) is 11.5 Å². The maximum atomic E-state index is 5.26. The Bertz CT molecular complexity index is 287. The molecule has 0 unspecified atom stereocenters. The van der Waals surface area contributed by atoms with Crippen molar-refractivity contribution in [3.05, 3.63) is 29.7 Å². The first-order chi connectivity index (χ1) is 6.85. The molecule has 2 radical (unpaired) electrons. The van der Waals surface area contributed by atoms with Crippen LogP contribution in [0.15, 0.2) is 12.1 Å². The highest BCUT2D eigenvalue weighted by Crippen LogP contribution is 2.33. The Balaban J connectivity index is 2.43. The SMILES string of the molecule is COc1cc2c(cc1OC)CC[C]C2. The summed E-state index contributed by atoms with van der Waals surface area (Å²) in [6.45, 7) is 0. The van der Waals surface area contributed by atoms with Gasteiger partial charge in [0.25, 0.3) is 0 Å². The molecule has 1 aliphatic rings. The summed E-state index contributed by atoms with van der Waals surface area (Å²) in [5.74, 6) is 1.64. The van der Waals surface area contributed by atoms with E-state index in [9.17, 15) is 0 Å². The number of rotatable bonds is 2. The predicted octanol–water partition coefficient (Wildman–Crippen LogP) is 2.27. The molecule has 0 N–H and O–H groups in total. The van der Waals surface area contributed by atoms with Crippen molar-refractivity contribution in [3.63, 3.8) is 0 Å². The summed E-state index contributed by atoms with van der Waals surface area (Å²) < 4.78 is 10.5. The Labute approximate surface area is 84.8 Å². The molecule has 0 aromatic heterocycles. The van der Waals surface area contributed by atoms with Gasteiger partial charge in [0.15, 0.2) is 11.5 Å². The summed E-state index contributed by atoms with van der Waals surface area (Å²) in [6.07, 6.45) is 6.37. The smallest absolute Gasteiger partial charge is 0.161 e. The fourth-order valence-electron chi connectivity index (χ4n) is 1.81. The second-order valence-corrected chi connectivity index (χ2v) is 3.40. The van der Waals surface area contributed by atoms with Crippen molar-refractivity contribution in [2.45, 2.75) is 19.3 Å². The van der Waals surface area contributed by atoms with E-state index in [4.69, 9.17) is 9.47 Å². The quantitative estimate of drug-likeness (QED) is 0.712. The summed E-state index contributed by atoms with van der Waals surface area (Å²) in [5, 5.41) is 0. The van der Waals surface area contributed by atoms with E-state index in [2.05, 4.69) is 18.6 Å². The summed E-state index contributed by atoms with van der Waals surface area (Å²) >= 11 is 0. The molecule has 2 nitrogen and oxygen atoms in total. The average Bonchev–Trinajstić information content (AvgIpc) is 2.27. The van der Waals surface area contributed by atoms with Crippen molar-refractivity contribution < 1.29 is 9.47 Å². The fourth-order valence-corrected chi connectivity index (χ4v) is 1.81. The Morgan fingerprint density at radius 3 is 2.36 bits per heavy atom. The predicted molar refractivity (Wildman–Crippen MR) is 54.8 cm³/mol. The van der Waals surface area contributed by atoms with Gasteiger partial charge in [-0.1, -0.05) is 0 Å². The van der Waals surface area contributed by atoms with Crippen molar-refractivity contribution in [1.82, 2.24) is 0 Å². The number of benzene rings is 1. The zero-order valence-electron chi connectivity index (χ0n) is 8.59. The van der Waals surface area contributed by atoms with Gasteiger partial charge in [-0.15, -0.1) is 0 Å². The Kier molecular flexibility index (Phi) is 2.62. The van der Waals surface area contributed by atoms with E-state index in [1.165, 1.54) is 11.1 Å². The van der Waals surface area contributed by atoms with E-state index in [1.807, 2.05) is 0 Å². The molecule has 1 aromatic rings. The summed E-state index contributed by atoms with van der Waals surface area (Å²) in [7, 11) is 3.34. The van der Waals surface area contributed by atoms with Gasteiger partial charge in [0.05, 0.1) is 14.2 Å². The van der Waals surface area contributed by atoms with Crippen LogP contribution in [0, 0.1) is 6.42 Å². The number of aryl methyl sites for hydroxylation is 1. The highest BCUT2D eigenvalue weighted by atomic mass is 16.5. The Hall–Kier alpha value is -1.18. The van der Waals surface area contributed by atoms with Crippen molar-refractivity contribution in [2.24, 2.45) is 0 Å². The lowest BCUT2D eigenvalue weighted by atomic mass is 9.91. The van der Waals surface area contributed by atoms with E-state index in [-0.39, 0.29) is 0 Å². The van der Waals surface area contributed by atoms with Gasteiger partial charge in [-0.05, 0) is 48.9 Å². The lowest BCUT2D eigenvalue weighted by molar-refractivity contribution is 0.354. The van der Waals surface area contributed by atoms with Gasteiger partial charge >= 0.3 is 0 Å². The molecular formula is C12H14O2. The van der Waals surface area contributed by atoms with Crippen LogP contribution in [0.4, 0.5) is 0 Å². The maximum Gasteiger partial charge on any atom is 0.161 e. The van der Waals surface area contributed by atoms with Crippen LogP contribution in [0.3, 0.4) is 0 Å². The highest BCUT2D eigenvalue weighted by Gasteiger charge is 2.14. The average molecular weight is 190 g/mol. The molecule has 0 aliphatic heterocycles. The van der Waals surface area contributed by atoms with Gasteiger partial charge in [-0.2, -0.15) is 0 Å². The molecule has 2 heteroatoms. The van der Waals surface area contributed by atoms with E-state index in [0.29, 0.717) is 0 Å². The molecule has 0 heterocycles. The van der Waals surface area contributed by atoms with Gasteiger partial charge in [-0.3, -0.25) is 0 Å². The maximum absolute atomic E-state index is 5.26. The molecule has 0 fully saturated rings. The zero-order valence-corrected chi connectivity index (χ0v) is 8.59. The molecule has 1 aliphatic carbocycles. The monoisotopic (exact) mass is 190 g/mol. The van der Waals surface area contributed by atoms with Gasteiger partial charge in [-0.25, -0.2) is 0 Å². The molecule has 0 amide bonds. The topological polar surface area (TPSA) is 18.5 Å². The zero-order chi connectivity index (χ0) is 9.97. The van der Waals surface area contributed by atoms with Crippen LogP contribution >= 0.6 is 0 Å². The minimum atomic E-state index is 0.815. The standard InChI is InChI=1S/C12H14O2/c1-13-11-7-9-5-3-4-6-10(9)8-12(11)14-2/h7-8H,3,5-6H2,1-2H3. The number of methoxy groups -OCH3 is 2. The molecule has 0 saturated heterocycles. The minimum absolute atomic E-state index is 0.815. The molecule has 0 spiro atoms. The molecule has 1 aromatic carbocycles. The minimum Gasteiger partial charge on any atom is -0.493 e. The normalized spacial score (nSPS) is 14.7. The first-order valence-electron chi connectivity index (χ1n) is 4.79. The fraction of sp³-hybridized carbons (Fsp3) is 0.417. The number of hydrogen-bond acceptors (Lipinski definition) is 2.